The minimum Gasteiger partial charge on any atom is -0.338 e. The predicted molar refractivity (Wildman–Crippen MR) is 66.1 cm³/mol. The van der Waals surface area contributed by atoms with E-state index < -0.39 is 5.54 Å². The van der Waals surface area contributed by atoms with Crippen LogP contribution in [-0.4, -0.2) is 18.9 Å². The number of carbonyl (C=O) groups is 1. The van der Waals surface area contributed by atoms with Gasteiger partial charge in [-0.25, -0.2) is 4.39 Å². The molecule has 1 unspecified atom stereocenters. The molecule has 1 atom stereocenters. The van der Waals surface area contributed by atoms with E-state index in [9.17, 15) is 9.18 Å². The van der Waals surface area contributed by atoms with Crippen LogP contribution in [0.4, 0.5) is 4.39 Å². The summed E-state index contributed by atoms with van der Waals surface area (Å²) >= 11 is 3.26. The van der Waals surface area contributed by atoms with Crippen LogP contribution in [0.2, 0.25) is 0 Å². The lowest BCUT2D eigenvalue weighted by molar-refractivity contribution is -0.123. The molecular weight excluding hydrogens is 289 g/mol. The van der Waals surface area contributed by atoms with Gasteiger partial charge in [0.1, 0.15) is 11.4 Å². The van der Waals surface area contributed by atoms with Crippen LogP contribution in [0.15, 0.2) is 27.7 Å². The number of aliphatic imine (C=N–C) groups is 1. The van der Waals surface area contributed by atoms with Crippen molar-refractivity contribution in [3.8, 4) is 0 Å². The Bertz CT molecular complexity index is 517. The highest BCUT2D eigenvalue weighted by molar-refractivity contribution is 9.10. The summed E-state index contributed by atoms with van der Waals surface area (Å²) in [4.78, 5) is 15.8. The molecular formula is C11H11BrFN3O. The number of hydrogen-bond acceptors (Lipinski definition) is 2. The van der Waals surface area contributed by atoms with E-state index in [2.05, 4.69) is 31.6 Å². The summed E-state index contributed by atoms with van der Waals surface area (Å²) in [7, 11) is 1.58. The fraction of sp³-hybridized carbons (Fsp3) is 0.273. The molecule has 0 saturated carbocycles. The number of benzene rings is 1. The number of nitrogens with zero attached hydrogens (tertiary/aromatic N) is 1. The van der Waals surface area contributed by atoms with Crippen molar-refractivity contribution in [2.75, 3.05) is 7.05 Å². The first-order chi connectivity index (χ1) is 7.97. The Kier molecular flexibility index (Phi) is 2.91. The van der Waals surface area contributed by atoms with E-state index in [4.69, 9.17) is 0 Å². The molecule has 1 heterocycles. The molecule has 1 aromatic carbocycles. The van der Waals surface area contributed by atoms with Crippen LogP contribution in [0, 0.1) is 5.82 Å². The second kappa shape index (κ2) is 4.10. The summed E-state index contributed by atoms with van der Waals surface area (Å²) in [5.41, 5.74) is -0.281. The van der Waals surface area contributed by atoms with Crippen molar-refractivity contribution in [3.63, 3.8) is 0 Å². The van der Waals surface area contributed by atoms with Gasteiger partial charge < -0.3 is 5.32 Å². The Balaban J connectivity index is 2.49. The number of nitrogens with one attached hydrogen (secondary N) is 2. The third kappa shape index (κ3) is 1.93. The van der Waals surface area contributed by atoms with Gasteiger partial charge in [-0.15, -0.1) is 0 Å². The Morgan fingerprint density at radius 1 is 1.47 bits per heavy atom. The van der Waals surface area contributed by atoms with Gasteiger partial charge >= 0.3 is 0 Å². The van der Waals surface area contributed by atoms with Gasteiger partial charge in [0.25, 0.3) is 5.91 Å². The van der Waals surface area contributed by atoms with Crippen molar-refractivity contribution in [2.24, 2.45) is 4.99 Å². The minimum atomic E-state index is -0.943. The SMILES string of the molecule is CN=C1NC(=O)C(C)(c2ccc(F)cc2Br)N1. The third-order valence-electron chi connectivity index (χ3n) is 2.75. The Morgan fingerprint density at radius 3 is 2.71 bits per heavy atom. The maximum Gasteiger partial charge on any atom is 0.256 e. The van der Waals surface area contributed by atoms with Crippen molar-refractivity contribution in [2.45, 2.75) is 12.5 Å². The Hall–Kier alpha value is -1.43. The molecule has 4 nitrogen and oxygen atoms in total. The molecule has 1 fully saturated rings. The first-order valence-corrected chi connectivity index (χ1v) is 5.78. The van der Waals surface area contributed by atoms with E-state index in [1.165, 1.54) is 12.1 Å². The van der Waals surface area contributed by atoms with Crippen molar-refractivity contribution < 1.29 is 9.18 Å². The highest BCUT2D eigenvalue weighted by Crippen LogP contribution is 2.31. The summed E-state index contributed by atoms with van der Waals surface area (Å²) < 4.78 is 13.6. The van der Waals surface area contributed by atoms with Gasteiger partial charge in [-0.1, -0.05) is 22.0 Å². The first-order valence-electron chi connectivity index (χ1n) is 4.99. The first kappa shape index (κ1) is 12.0. The van der Waals surface area contributed by atoms with Gasteiger partial charge in [-0.05, 0) is 19.1 Å². The van der Waals surface area contributed by atoms with E-state index in [1.807, 2.05) is 0 Å². The lowest BCUT2D eigenvalue weighted by Gasteiger charge is -2.22. The van der Waals surface area contributed by atoms with E-state index >= 15 is 0 Å². The van der Waals surface area contributed by atoms with Crippen molar-refractivity contribution in [3.05, 3.63) is 34.1 Å². The lowest BCUT2D eigenvalue weighted by Crippen LogP contribution is -2.41. The van der Waals surface area contributed by atoms with Crippen molar-refractivity contribution in [1.29, 1.82) is 0 Å². The molecule has 1 aliphatic rings. The second-order valence-electron chi connectivity index (χ2n) is 3.90. The van der Waals surface area contributed by atoms with Crippen LogP contribution in [0.5, 0.6) is 0 Å². The molecule has 1 aliphatic heterocycles. The number of hydrogen-bond donors (Lipinski definition) is 2. The monoisotopic (exact) mass is 299 g/mol. The molecule has 17 heavy (non-hydrogen) atoms. The van der Waals surface area contributed by atoms with E-state index in [0.29, 0.717) is 16.0 Å². The number of amides is 1. The minimum absolute atomic E-state index is 0.217. The highest BCUT2D eigenvalue weighted by atomic mass is 79.9. The zero-order valence-corrected chi connectivity index (χ0v) is 10.9. The van der Waals surface area contributed by atoms with Crippen molar-refractivity contribution in [1.82, 2.24) is 10.6 Å². The van der Waals surface area contributed by atoms with Crippen LogP contribution in [0.3, 0.4) is 0 Å². The zero-order chi connectivity index (χ0) is 12.6. The normalized spacial score (nSPS) is 25.9. The van der Waals surface area contributed by atoms with Crippen LogP contribution >= 0.6 is 15.9 Å². The largest absolute Gasteiger partial charge is 0.338 e. The number of carbonyl (C=O) groups excluding carboxylic acids is 1. The van der Waals surface area contributed by atoms with Crippen LogP contribution < -0.4 is 10.6 Å². The molecule has 1 amide bonds. The summed E-state index contributed by atoms with van der Waals surface area (Å²) in [6.07, 6.45) is 0. The van der Waals surface area contributed by atoms with Gasteiger partial charge in [-0.3, -0.25) is 15.1 Å². The predicted octanol–water partition coefficient (Wildman–Crippen LogP) is 1.51. The van der Waals surface area contributed by atoms with Crippen LogP contribution in [-0.2, 0) is 10.3 Å². The van der Waals surface area contributed by atoms with Crippen LogP contribution in [0.1, 0.15) is 12.5 Å². The smallest absolute Gasteiger partial charge is 0.256 e. The van der Waals surface area contributed by atoms with Gasteiger partial charge in [0.15, 0.2) is 5.96 Å². The van der Waals surface area contributed by atoms with Gasteiger partial charge in [0, 0.05) is 17.1 Å². The molecule has 2 rings (SSSR count). The molecule has 0 radical (unpaired) electrons. The molecule has 6 heteroatoms. The average Bonchev–Trinajstić information content (AvgIpc) is 2.55. The number of halogens is 2. The zero-order valence-electron chi connectivity index (χ0n) is 9.34. The quantitative estimate of drug-likeness (QED) is 0.826. The topological polar surface area (TPSA) is 53.5 Å². The van der Waals surface area contributed by atoms with Gasteiger partial charge in [0.2, 0.25) is 0 Å². The fourth-order valence-corrected chi connectivity index (χ4v) is 2.50. The average molecular weight is 300 g/mol. The summed E-state index contributed by atoms with van der Waals surface area (Å²) in [5.74, 6) is -0.161. The summed E-state index contributed by atoms with van der Waals surface area (Å²) in [5, 5.41) is 5.60. The molecule has 0 aliphatic carbocycles. The number of guanidine groups is 1. The second-order valence-corrected chi connectivity index (χ2v) is 4.75. The number of rotatable bonds is 1. The van der Waals surface area contributed by atoms with E-state index in [-0.39, 0.29) is 11.7 Å². The molecule has 90 valence electrons. The van der Waals surface area contributed by atoms with Gasteiger partial charge in [-0.2, -0.15) is 0 Å². The third-order valence-corrected chi connectivity index (χ3v) is 3.40. The standard InChI is InChI=1S/C11H11BrFN3O/c1-11(9(17)15-10(14-2)16-11)7-4-3-6(13)5-8(7)12/h3-5H,1-2H3,(H2,14,15,16,17). The molecule has 1 aromatic rings. The van der Waals surface area contributed by atoms with E-state index in [1.54, 1.807) is 20.0 Å². The Morgan fingerprint density at radius 2 is 2.18 bits per heavy atom. The molecule has 0 spiro atoms. The highest BCUT2D eigenvalue weighted by Gasteiger charge is 2.43. The fourth-order valence-electron chi connectivity index (χ4n) is 1.75. The summed E-state index contributed by atoms with van der Waals surface area (Å²) in [6.45, 7) is 1.72. The van der Waals surface area contributed by atoms with Crippen LogP contribution in [0.25, 0.3) is 0 Å². The molecule has 0 aromatic heterocycles. The van der Waals surface area contributed by atoms with E-state index in [0.717, 1.165) is 0 Å². The van der Waals surface area contributed by atoms with Gasteiger partial charge in [0.05, 0.1) is 0 Å². The summed E-state index contributed by atoms with van der Waals surface area (Å²) in [6, 6.07) is 4.22. The maximum atomic E-state index is 13.0. The molecule has 2 N–H and O–H groups in total. The molecule has 1 saturated heterocycles. The lowest BCUT2D eigenvalue weighted by atomic mass is 9.92. The van der Waals surface area contributed by atoms with Crippen molar-refractivity contribution >= 4 is 27.8 Å². The Labute approximate surface area is 106 Å². The maximum absolute atomic E-state index is 13.0. The molecule has 0 bridgehead atoms.